The van der Waals surface area contributed by atoms with Crippen LogP contribution in [0.3, 0.4) is 0 Å². The van der Waals surface area contributed by atoms with Gasteiger partial charge in [0.25, 0.3) is 0 Å². The number of hydrogen-bond donors (Lipinski definition) is 5. The van der Waals surface area contributed by atoms with Crippen molar-refractivity contribution in [1.29, 1.82) is 0 Å². The number of phenols is 2. The van der Waals surface area contributed by atoms with Gasteiger partial charge in [0.05, 0.1) is 0 Å². The second-order valence-electron chi connectivity index (χ2n) is 6.77. The number of aromatic hydroxyl groups is 2. The molecule has 0 radical (unpaired) electrons. The zero-order valence-electron chi connectivity index (χ0n) is 15.7. The maximum absolute atomic E-state index is 12.5. The van der Waals surface area contributed by atoms with Crippen LogP contribution in [-0.4, -0.2) is 43.7 Å². The number of hydrogen-bond acceptors (Lipinski definition) is 9. The maximum Gasteiger partial charge on any atom is 0.347 e. The Hall–Kier alpha value is -4.18. The van der Waals surface area contributed by atoms with Crippen LogP contribution in [0.25, 0.3) is 22.3 Å². The predicted octanol–water partition coefficient (Wildman–Crippen LogP) is 2.21. The first kappa shape index (κ1) is 20.1. The summed E-state index contributed by atoms with van der Waals surface area (Å²) >= 11 is 0. The zero-order valence-corrected chi connectivity index (χ0v) is 15.7. The molecule has 0 unspecified atom stereocenters. The highest BCUT2D eigenvalue weighted by Crippen LogP contribution is 2.42. The number of aliphatic hydroxyl groups excluding tert-OH is 2. The summed E-state index contributed by atoms with van der Waals surface area (Å²) in [6, 6.07) is 10.9. The number of carboxylic acid groups (broad SMARTS) is 1. The molecule has 0 fully saturated rings. The van der Waals surface area contributed by atoms with Gasteiger partial charge in [-0.3, -0.25) is 4.79 Å². The van der Waals surface area contributed by atoms with Gasteiger partial charge in [-0.25, -0.2) is 4.79 Å². The predicted molar refractivity (Wildman–Crippen MR) is 105 cm³/mol. The van der Waals surface area contributed by atoms with E-state index in [1.807, 2.05) is 0 Å². The van der Waals surface area contributed by atoms with E-state index in [1.54, 1.807) is 30.3 Å². The maximum atomic E-state index is 12.5. The number of aliphatic hydroxyl groups is 2. The minimum Gasteiger partial charge on any atom is -0.506 e. The van der Waals surface area contributed by atoms with Crippen molar-refractivity contribution in [3.05, 3.63) is 64.4 Å². The first-order valence-corrected chi connectivity index (χ1v) is 9.02. The average molecular weight is 428 g/mol. The Morgan fingerprint density at radius 3 is 2.45 bits per heavy atom. The number of carbonyl (C=O) groups is 1. The van der Waals surface area contributed by atoms with E-state index in [0.29, 0.717) is 5.56 Å². The molecule has 3 aromatic rings. The van der Waals surface area contributed by atoms with Crippen molar-refractivity contribution in [1.82, 2.24) is 0 Å². The Bertz CT molecular complexity index is 1260. The second kappa shape index (κ2) is 7.58. The average Bonchev–Trinajstić information content (AvgIpc) is 2.73. The summed E-state index contributed by atoms with van der Waals surface area (Å²) in [5, 5.41) is 49.1. The first-order chi connectivity index (χ1) is 14.8. The number of carboxylic acids is 1. The van der Waals surface area contributed by atoms with Crippen molar-refractivity contribution in [3.63, 3.8) is 0 Å². The number of phenolic OH excluding ortho intramolecular Hbond substituents is 2. The standard InChI is InChI=1S/C21H16O10/c22-10-7-13(9-4-2-1-3-5-9)29-14-8-15(17(25)18(26)16(10)14)30-21-12(24)6-11(23)19(31-21)20(27)28/h1-5,7-8,11,19,23-26H,6H2,(H,27,28)/t11-,19-/m0/s1. The highest BCUT2D eigenvalue weighted by molar-refractivity contribution is 5.89. The van der Waals surface area contributed by atoms with Crippen molar-refractivity contribution in [2.45, 2.75) is 18.6 Å². The lowest BCUT2D eigenvalue weighted by atomic mass is 10.1. The van der Waals surface area contributed by atoms with Crippen LogP contribution in [0.4, 0.5) is 0 Å². The number of rotatable bonds is 4. The third-order valence-corrected chi connectivity index (χ3v) is 4.66. The van der Waals surface area contributed by atoms with Gasteiger partial charge < -0.3 is 39.4 Å². The lowest BCUT2D eigenvalue weighted by Gasteiger charge is -2.27. The van der Waals surface area contributed by atoms with E-state index in [9.17, 15) is 30.0 Å². The fraction of sp³-hybridized carbons (Fsp3) is 0.143. The molecule has 0 saturated heterocycles. The molecule has 0 saturated carbocycles. The fourth-order valence-electron chi connectivity index (χ4n) is 3.14. The van der Waals surface area contributed by atoms with Gasteiger partial charge in [-0.2, -0.15) is 0 Å². The monoisotopic (exact) mass is 428 g/mol. The summed E-state index contributed by atoms with van der Waals surface area (Å²) in [7, 11) is 0. The normalized spacial score (nSPS) is 18.6. The van der Waals surface area contributed by atoms with Gasteiger partial charge in [-0.1, -0.05) is 30.3 Å². The Morgan fingerprint density at radius 2 is 1.77 bits per heavy atom. The smallest absolute Gasteiger partial charge is 0.347 e. The Kier molecular flexibility index (Phi) is 4.91. The molecule has 1 aliphatic heterocycles. The number of fused-ring (bicyclic) bond motifs is 1. The second-order valence-corrected chi connectivity index (χ2v) is 6.77. The van der Waals surface area contributed by atoms with Crippen LogP contribution in [0.15, 0.2) is 63.4 Å². The highest BCUT2D eigenvalue weighted by Gasteiger charge is 2.37. The quantitative estimate of drug-likeness (QED) is 0.389. The zero-order chi connectivity index (χ0) is 22.3. The van der Waals surface area contributed by atoms with Gasteiger partial charge >= 0.3 is 11.9 Å². The van der Waals surface area contributed by atoms with Gasteiger partial charge in [0.15, 0.2) is 22.7 Å². The van der Waals surface area contributed by atoms with Gasteiger partial charge in [0.2, 0.25) is 11.9 Å². The lowest BCUT2D eigenvalue weighted by molar-refractivity contribution is -0.161. The molecule has 2 atom stereocenters. The van der Waals surface area contributed by atoms with Crippen molar-refractivity contribution in [2.24, 2.45) is 0 Å². The molecule has 2 aromatic carbocycles. The molecular formula is C21H16O10. The largest absolute Gasteiger partial charge is 0.506 e. The number of ether oxygens (including phenoxy) is 2. The van der Waals surface area contributed by atoms with E-state index in [-0.39, 0.29) is 16.7 Å². The molecule has 0 aliphatic carbocycles. The third-order valence-electron chi connectivity index (χ3n) is 4.66. The number of aliphatic carboxylic acids is 1. The van der Waals surface area contributed by atoms with Crippen LogP contribution >= 0.6 is 0 Å². The Labute approximate surface area is 173 Å². The van der Waals surface area contributed by atoms with E-state index < -0.39 is 59.0 Å². The van der Waals surface area contributed by atoms with E-state index in [0.717, 1.165) is 12.1 Å². The summed E-state index contributed by atoms with van der Waals surface area (Å²) in [5.41, 5.74) is -0.169. The summed E-state index contributed by atoms with van der Waals surface area (Å²) in [6.45, 7) is 0. The third kappa shape index (κ3) is 3.60. The molecule has 0 spiro atoms. The van der Waals surface area contributed by atoms with Crippen LogP contribution in [0.1, 0.15) is 6.42 Å². The van der Waals surface area contributed by atoms with Crippen molar-refractivity contribution in [2.75, 3.05) is 0 Å². The molecule has 1 aromatic heterocycles. The topological polar surface area (TPSA) is 167 Å². The van der Waals surface area contributed by atoms with Crippen molar-refractivity contribution < 1.29 is 44.2 Å². The molecule has 5 N–H and O–H groups in total. The summed E-state index contributed by atoms with van der Waals surface area (Å²) in [6.07, 6.45) is -3.71. The molecule has 0 amide bonds. The molecule has 4 rings (SSSR count). The van der Waals surface area contributed by atoms with E-state index >= 15 is 0 Å². The van der Waals surface area contributed by atoms with Crippen LogP contribution in [-0.2, 0) is 9.53 Å². The Morgan fingerprint density at radius 1 is 1.06 bits per heavy atom. The van der Waals surface area contributed by atoms with E-state index in [1.165, 1.54) is 0 Å². The SMILES string of the molecule is O=C(O)[C@H]1OC(Oc2cc3oc(-c4ccccc4)cc(=O)c3c(O)c2O)=C(O)C[C@@H]1O. The molecule has 2 heterocycles. The van der Waals surface area contributed by atoms with Crippen LogP contribution < -0.4 is 10.2 Å². The van der Waals surface area contributed by atoms with E-state index in [2.05, 4.69) is 0 Å². The van der Waals surface area contributed by atoms with Crippen molar-refractivity contribution in [3.8, 4) is 28.6 Å². The van der Waals surface area contributed by atoms with Crippen LogP contribution in [0.5, 0.6) is 17.2 Å². The molecule has 10 nitrogen and oxygen atoms in total. The fourth-order valence-corrected chi connectivity index (χ4v) is 3.14. The molecule has 31 heavy (non-hydrogen) atoms. The minimum absolute atomic E-state index is 0.137. The van der Waals surface area contributed by atoms with Gasteiger partial charge in [0, 0.05) is 24.1 Å². The summed E-state index contributed by atoms with van der Waals surface area (Å²) in [5.74, 6) is -4.75. The molecule has 160 valence electrons. The molecular weight excluding hydrogens is 412 g/mol. The van der Waals surface area contributed by atoms with Gasteiger partial charge in [-0.15, -0.1) is 0 Å². The summed E-state index contributed by atoms with van der Waals surface area (Å²) < 4.78 is 15.9. The molecule has 0 bridgehead atoms. The first-order valence-electron chi connectivity index (χ1n) is 9.02. The van der Waals surface area contributed by atoms with Gasteiger partial charge in [-0.05, 0) is 0 Å². The molecule has 1 aliphatic rings. The van der Waals surface area contributed by atoms with Crippen molar-refractivity contribution >= 4 is 16.9 Å². The molecule has 10 heteroatoms. The summed E-state index contributed by atoms with van der Waals surface area (Å²) in [4.78, 5) is 23.7. The van der Waals surface area contributed by atoms with Crippen LogP contribution in [0, 0.1) is 0 Å². The highest BCUT2D eigenvalue weighted by atomic mass is 16.7. The Balaban J connectivity index is 1.80. The lowest BCUT2D eigenvalue weighted by Crippen LogP contribution is -2.40. The minimum atomic E-state index is -1.72. The van der Waals surface area contributed by atoms with E-state index in [4.69, 9.17) is 19.0 Å². The van der Waals surface area contributed by atoms with Gasteiger partial charge in [0.1, 0.15) is 22.8 Å². The van der Waals surface area contributed by atoms with Crippen LogP contribution in [0.2, 0.25) is 0 Å². The number of benzene rings is 2.